The molecule has 1 aromatic heterocycles. The summed E-state index contributed by atoms with van der Waals surface area (Å²) < 4.78 is 1.73. The minimum absolute atomic E-state index is 0.000748. The van der Waals surface area contributed by atoms with Gasteiger partial charge in [-0.3, -0.25) is 4.79 Å². The van der Waals surface area contributed by atoms with Gasteiger partial charge in [-0.1, -0.05) is 0 Å². The summed E-state index contributed by atoms with van der Waals surface area (Å²) in [6.07, 6.45) is 2.75. The molecule has 7 nitrogen and oxygen atoms in total. The van der Waals surface area contributed by atoms with E-state index in [0.717, 1.165) is 79.0 Å². The number of anilines is 4. The molecular weight excluding hydrogens is 426 g/mol. The highest BCUT2D eigenvalue weighted by Crippen LogP contribution is 2.42. The van der Waals surface area contributed by atoms with Gasteiger partial charge in [-0.2, -0.15) is 5.26 Å². The van der Waals surface area contributed by atoms with Crippen molar-refractivity contribution in [2.45, 2.75) is 19.8 Å². The summed E-state index contributed by atoms with van der Waals surface area (Å²) in [4.78, 5) is 30.9. The van der Waals surface area contributed by atoms with Gasteiger partial charge in [0.25, 0.3) is 5.56 Å². The Morgan fingerprint density at radius 2 is 1.74 bits per heavy atom. The van der Waals surface area contributed by atoms with Crippen LogP contribution in [0.4, 0.5) is 22.7 Å². The number of fused-ring (bicyclic) bond motifs is 2. The molecule has 1 saturated heterocycles. The van der Waals surface area contributed by atoms with Crippen LogP contribution in [0.5, 0.6) is 0 Å². The molecule has 0 N–H and O–H groups in total. The largest absolute Gasteiger partial charge is 0.371 e. The lowest BCUT2D eigenvalue weighted by Crippen LogP contribution is -2.37. The van der Waals surface area contributed by atoms with Crippen molar-refractivity contribution in [3.8, 4) is 6.07 Å². The van der Waals surface area contributed by atoms with Crippen LogP contribution in [0.2, 0.25) is 0 Å². The molecule has 0 bridgehead atoms. The highest BCUT2D eigenvalue weighted by atomic mass is 16.1. The van der Waals surface area contributed by atoms with Crippen LogP contribution in [0.3, 0.4) is 0 Å². The second-order valence-corrected chi connectivity index (χ2v) is 9.44. The molecule has 0 saturated carbocycles. The molecule has 34 heavy (non-hydrogen) atoms. The van der Waals surface area contributed by atoms with E-state index in [1.807, 2.05) is 38.2 Å². The summed E-state index contributed by atoms with van der Waals surface area (Å²) in [7, 11) is 3.90. The maximum Gasteiger partial charge on any atom is 0.253 e. The Labute approximate surface area is 199 Å². The number of carbonyl (C=O) groups is 1. The molecule has 2 aromatic carbocycles. The number of hydrogen-bond acceptors (Lipinski definition) is 6. The lowest BCUT2D eigenvalue weighted by Gasteiger charge is -2.39. The van der Waals surface area contributed by atoms with Crippen LogP contribution in [-0.4, -0.2) is 44.1 Å². The lowest BCUT2D eigenvalue weighted by molar-refractivity contribution is -0.111. The number of pyridine rings is 1. The van der Waals surface area contributed by atoms with Crippen molar-refractivity contribution in [3.05, 3.63) is 57.9 Å². The summed E-state index contributed by atoms with van der Waals surface area (Å²) in [5.74, 6) is 0.122. The van der Waals surface area contributed by atoms with Gasteiger partial charge in [-0.15, -0.1) is 0 Å². The van der Waals surface area contributed by atoms with Crippen molar-refractivity contribution < 1.29 is 4.79 Å². The van der Waals surface area contributed by atoms with E-state index < -0.39 is 0 Å². The summed E-state index contributed by atoms with van der Waals surface area (Å²) in [6.45, 7) is 5.10. The van der Waals surface area contributed by atoms with Gasteiger partial charge in [-0.25, -0.2) is 0 Å². The molecule has 2 aliphatic rings. The number of aryl methyl sites for hydroxylation is 2. The highest BCUT2D eigenvalue weighted by molar-refractivity contribution is 5.99. The third kappa shape index (κ3) is 3.60. The van der Waals surface area contributed by atoms with E-state index in [-0.39, 0.29) is 11.5 Å². The molecule has 0 atom stereocenters. The van der Waals surface area contributed by atoms with Gasteiger partial charge < -0.3 is 24.1 Å². The molecule has 0 amide bonds. The molecule has 174 valence electrons. The van der Waals surface area contributed by atoms with Crippen LogP contribution in [0.25, 0.3) is 10.9 Å². The van der Waals surface area contributed by atoms with Crippen LogP contribution in [-0.2, 0) is 11.8 Å². The first kappa shape index (κ1) is 22.0. The van der Waals surface area contributed by atoms with E-state index in [0.29, 0.717) is 11.1 Å². The normalized spacial score (nSPS) is 16.5. The average Bonchev–Trinajstić information content (AvgIpc) is 2.87. The number of rotatable bonds is 3. The number of aldehydes is 1. The van der Waals surface area contributed by atoms with Crippen LogP contribution >= 0.6 is 0 Å². The number of nitriles is 1. The van der Waals surface area contributed by atoms with E-state index in [1.165, 1.54) is 0 Å². The Hall–Kier alpha value is -3.79. The molecular formula is C27H29N5O2. The monoisotopic (exact) mass is 455 g/mol. The number of carbonyl (C=O) groups excluding carboxylic acids is 1. The standard InChI is InChI=1S/C27H29N5O2/c1-18-12-22-24(30(3)27(18)34)14-21(31-8-6-19(17-33)7-9-31)15-25(22)32-11-10-29(2)23-5-4-20(16-28)13-26(23)32/h4-5,12-15,17,19H,6-11H2,1-3H3. The highest BCUT2D eigenvalue weighted by Gasteiger charge is 2.26. The predicted molar refractivity (Wildman–Crippen MR) is 136 cm³/mol. The van der Waals surface area contributed by atoms with Crippen LogP contribution < -0.4 is 20.3 Å². The topological polar surface area (TPSA) is 72.6 Å². The number of likely N-dealkylation sites (N-methyl/N-ethyl adjacent to an activating group) is 1. The van der Waals surface area contributed by atoms with Crippen LogP contribution in [0, 0.1) is 24.2 Å². The fourth-order valence-corrected chi connectivity index (χ4v) is 5.26. The molecule has 0 radical (unpaired) electrons. The van der Waals surface area contributed by atoms with E-state index in [9.17, 15) is 14.9 Å². The van der Waals surface area contributed by atoms with Gasteiger partial charge in [0.15, 0.2) is 0 Å². The first-order valence-corrected chi connectivity index (χ1v) is 11.8. The quantitative estimate of drug-likeness (QED) is 0.561. The Morgan fingerprint density at radius 1 is 0.971 bits per heavy atom. The van der Waals surface area contributed by atoms with Gasteiger partial charge in [-0.05, 0) is 56.2 Å². The molecule has 1 fully saturated rings. The lowest BCUT2D eigenvalue weighted by atomic mass is 9.97. The van der Waals surface area contributed by atoms with Crippen molar-refractivity contribution in [2.75, 3.05) is 47.9 Å². The van der Waals surface area contributed by atoms with Crippen molar-refractivity contribution in [2.24, 2.45) is 13.0 Å². The SMILES string of the molecule is Cc1cc2c(N3CCN(C)c4ccc(C#N)cc43)cc(N3CCC(C=O)CC3)cc2n(C)c1=O. The van der Waals surface area contributed by atoms with E-state index in [1.54, 1.807) is 4.57 Å². The summed E-state index contributed by atoms with van der Waals surface area (Å²) in [5.41, 5.74) is 6.39. The zero-order chi connectivity index (χ0) is 24.0. The molecule has 0 aliphatic carbocycles. The molecule has 2 aliphatic heterocycles. The van der Waals surface area contributed by atoms with Gasteiger partial charge in [0, 0.05) is 62.8 Å². The Morgan fingerprint density at radius 3 is 2.44 bits per heavy atom. The zero-order valence-electron chi connectivity index (χ0n) is 19.9. The van der Waals surface area contributed by atoms with Gasteiger partial charge in [0.1, 0.15) is 6.29 Å². The van der Waals surface area contributed by atoms with Crippen molar-refractivity contribution in [1.29, 1.82) is 5.26 Å². The zero-order valence-corrected chi connectivity index (χ0v) is 19.9. The number of benzene rings is 2. The Kier molecular flexibility index (Phi) is 5.52. The van der Waals surface area contributed by atoms with Gasteiger partial charge in [0.2, 0.25) is 0 Å². The molecule has 3 heterocycles. The first-order valence-electron chi connectivity index (χ1n) is 11.8. The minimum atomic E-state index is 0.000748. The van der Waals surface area contributed by atoms with E-state index in [4.69, 9.17) is 0 Å². The number of hydrogen-bond donors (Lipinski definition) is 0. The second kappa shape index (κ2) is 8.53. The van der Waals surface area contributed by atoms with Crippen molar-refractivity contribution in [3.63, 3.8) is 0 Å². The second-order valence-electron chi connectivity index (χ2n) is 9.44. The maximum absolute atomic E-state index is 12.8. The molecule has 0 unspecified atom stereocenters. The van der Waals surface area contributed by atoms with Crippen LogP contribution in [0.15, 0.2) is 41.2 Å². The number of nitrogens with zero attached hydrogens (tertiary/aromatic N) is 5. The van der Waals surface area contributed by atoms with E-state index >= 15 is 0 Å². The first-order chi connectivity index (χ1) is 16.4. The molecule has 7 heteroatoms. The number of piperidine rings is 1. The van der Waals surface area contributed by atoms with Crippen molar-refractivity contribution in [1.82, 2.24) is 4.57 Å². The number of aromatic nitrogens is 1. The summed E-state index contributed by atoms with van der Waals surface area (Å²) in [5, 5.41) is 10.6. The fourth-order valence-electron chi connectivity index (χ4n) is 5.26. The summed E-state index contributed by atoms with van der Waals surface area (Å²) >= 11 is 0. The summed E-state index contributed by atoms with van der Waals surface area (Å²) in [6, 6.07) is 14.4. The predicted octanol–water partition coefficient (Wildman–Crippen LogP) is 3.72. The molecule has 5 rings (SSSR count). The average molecular weight is 456 g/mol. The molecule has 0 spiro atoms. The third-order valence-corrected chi connectivity index (χ3v) is 7.34. The van der Waals surface area contributed by atoms with Gasteiger partial charge in [0.05, 0.1) is 34.2 Å². The van der Waals surface area contributed by atoms with E-state index in [2.05, 4.69) is 39.9 Å². The smallest absolute Gasteiger partial charge is 0.253 e. The Balaban J connectivity index is 1.72. The fraction of sp³-hybridized carbons (Fsp3) is 0.370. The van der Waals surface area contributed by atoms with Gasteiger partial charge >= 0.3 is 0 Å². The third-order valence-electron chi connectivity index (χ3n) is 7.34. The van der Waals surface area contributed by atoms with Crippen molar-refractivity contribution >= 4 is 39.9 Å². The van der Waals surface area contributed by atoms with Crippen LogP contribution in [0.1, 0.15) is 24.0 Å². The molecule has 3 aromatic rings. The Bertz CT molecular complexity index is 1380. The minimum Gasteiger partial charge on any atom is -0.371 e. The maximum atomic E-state index is 12.8.